The summed E-state index contributed by atoms with van der Waals surface area (Å²) in [5.74, 6) is 1.39. The zero-order valence-electron chi connectivity index (χ0n) is 14.3. The van der Waals surface area contributed by atoms with Crippen molar-refractivity contribution in [1.29, 1.82) is 0 Å². The van der Waals surface area contributed by atoms with Crippen molar-refractivity contribution in [2.75, 3.05) is 31.1 Å². The van der Waals surface area contributed by atoms with Crippen molar-refractivity contribution in [1.82, 2.24) is 15.1 Å². The van der Waals surface area contributed by atoms with Gasteiger partial charge < -0.3 is 14.2 Å². The maximum Gasteiger partial charge on any atom is 0.254 e. The zero-order valence-corrected chi connectivity index (χ0v) is 15.8. The first-order chi connectivity index (χ1) is 13.1. The molecule has 27 heavy (non-hydrogen) atoms. The van der Waals surface area contributed by atoms with Gasteiger partial charge >= 0.3 is 0 Å². The minimum atomic E-state index is -0.0710. The SMILES string of the molecule is O=C(c1cc(Cl)cc(Cl)c1)N1CCN(c2ccc(-c3ccco3)nn2)CC1. The molecule has 1 aliphatic heterocycles. The van der Waals surface area contributed by atoms with Crippen LogP contribution in [0.15, 0.2) is 53.1 Å². The summed E-state index contributed by atoms with van der Waals surface area (Å²) in [7, 11) is 0. The first-order valence-electron chi connectivity index (χ1n) is 8.48. The lowest BCUT2D eigenvalue weighted by Crippen LogP contribution is -2.49. The fourth-order valence-corrected chi connectivity index (χ4v) is 3.57. The average Bonchev–Trinajstić information content (AvgIpc) is 3.22. The molecule has 0 bridgehead atoms. The van der Waals surface area contributed by atoms with Gasteiger partial charge in [0.2, 0.25) is 0 Å². The summed E-state index contributed by atoms with van der Waals surface area (Å²) in [5, 5.41) is 9.42. The Morgan fingerprint density at radius 3 is 2.30 bits per heavy atom. The number of piperazine rings is 1. The van der Waals surface area contributed by atoms with E-state index in [4.69, 9.17) is 27.6 Å². The first-order valence-corrected chi connectivity index (χ1v) is 9.24. The smallest absolute Gasteiger partial charge is 0.254 e. The molecule has 0 atom stereocenters. The summed E-state index contributed by atoms with van der Waals surface area (Å²) < 4.78 is 5.33. The molecular weight excluding hydrogens is 387 g/mol. The van der Waals surface area contributed by atoms with Crippen LogP contribution in [0.3, 0.4) is 0 Å². The number of nitrogens with zero attached hydrogens (tertiary/aromatic N) is 4. The third kappa shape index (κ3) is 3.91. The summed E-state index contributed by atoms with van der Waals surface area (Å²) in [6, 6.07) is 12.3. The second-order valence-electron chi connectivity index (χ2n) is 6.19. The van der Waals surface area contributed by atoms with Crippen molar-refractivity contribution in [3.05, 3.63) is 64.3 Å². The molecule has 0 N–H and O–H groups in total. The minimum Gasteiger partial charge on any atom is -0.463 e. The molecule has 138 valence electrons. The van der Waals surface area contributed by atoms with E-state index in [2.05, 4.69) is 15.1 Å². The molecule has 1 aromatic carbocycles. The Hall–Kier alpha value is -2.57. The molecule has 4 rings (SSSR count). The van der Waals surface area contributed by atoms with Gasteiger partial charge in [0, 0.05) is 41.8 Å². The molecule has 0 spiro atoms. The van der Waals surface area contributed by atoms with Gasteiger partial charge in [0.25, 0.3) is 5.91 Å². The topological polar surface area (TPSA) is 62.5 Å². The normalized spacial score (nSPS) is 14.4. The van der Waals surface area contributed by atoms with Gasteiger partial charge in [-0.05, 0) is 42.5 Å². The number of aromatic nitrogens is 2. The highest BCUT2D eigenvalue weighted by atomic mass is 35.5. The highest BCUT2D eigenvalue weighted by Gasteiger charge is 2.23. The van der Waals surface area contributed by atoms with Gasteiger partial charge in [0.15, 0.2) is 11.6 Å². The van der Waals surface area contributed by atoms with E-state index in [1.54, 1.807) is 29.4 Å². The van der Waals surface area contributed by atoms with Crippen LogP contribution < -0.4 is 4.90 Å². The van der Waals surface area contributed by atoms with E-state index in [1.165, 1.54) is 0 Å². The minimum absolute atomic E-state index is 0.0710. The van der Waals surface area contributed by atoms with E-state index in [1.807, 2.05) is 24.3 Å². The van der Waals surface area contributed by atoms with E-state index >= 15 is 0 Å². The number of amides is 1. The van der Waals surface area contributed by atoms with Crippen molar-refractivity contribution >= 4 is 34.9 Å². The van der Waals surface area contributed by atoms with Crippen molar-refractivity contribution in [3.63, 3.8) is 0 Å². The monoisotopic (exact) mass is 402 g/mol. The van der Waals surface area contributed by atoms with Crippen LogP contribution in [0.2, 0.25) is 10.0 Å². The first kappa shape index (κ1) is 17.8. The van der Waals surface area contributed by atoms with Crippen LogP contribution >= 0.6 is 23.2 Å². The van der Waals surface area contributed by atoms with Crippen molar-refractivity contribution in [2.45, 2.75) is 0 Å². The molecule has 8 heteroatoms. The molecule has 6 nitrogen and oxygen atoms in total. The molecule has 0 aliphatic carbocycles. The van der Waals surface area contributed by atoms with Crippen molar-refractivity contribution in [2.24, 2.45) is 0 Å². The summed E-state index contributed by atoms with van der Waals surface area (Å²) in [6.07, 6.45) is 1.61. The van der Waals surface area contributed by atoms with E-state index in [9.17, 15) is 4.79 Å². The Kier molecular flexibility index (Phi) is 5.01. The van der Waals surface area contributed by atoms with Crippen LogP contribution in [0, 0.1) is 0 Å². The fourth-order valence-electron chi connectivity index (χ4n) is 3.05. The molecule has 1 fully saturated rings. The van der Waals surface area contributed by atoms with Crippen molar-refractivity contribution < 1.29 is 9.21 Å². The second-order valence-corrected chi connectivity index (χ2v) is 7.06. The summed E-state index contributed by atoms with van der Waals surface area (Å²) >= 11 is 12.0. The average molecular weight is 403 g/mol. The van der Waals surface area contributed by atoms with Gasteiger partial charge in [-0.2, -0.15) is 0 Å². The third-order valence-corrected chi connectivity index (χ3v) is 4.86. The van der Waals surface area contributed by atoms with Gasteiger partial charge in [0.05, 0.1) is 6.26 Å². The second kappa shape index (κ2) is 7.58. The quantitative estimate of drug-likeness (QED) is 0.662. The molecule has 3 aromatic rings. The largest absolute Gasteiger partial charge is 0.463 e. The van der Waals surface area contributed by atoms with Crippen LogP contribution in [-0.2, 0) is 0 Å². The maximum absolute atomic E-state index is 12.7. The van der Waals surface area contributed by atoms with Gasteiger partial charge in [0.1, 0.15) is 5.69 Å². The Labute approximate surface area is 166 Å². The number of furan rings is 1. The Morgan fingerprint density at radius 1 is 0.963 bits per heavy atom. The lowest BCUT2D eigenvalue weighted by molar-refractivity contribution is 0.0746. The van der Waals surface area contributed by atoms with Gasteiger partial charge in [-0.3, -0.25) is 4.79 Å². The number of carbonyl (C=O) groups is 1. The molecule has 3 heterocycles. The highest BCUT2D eigenvalue weighted by molar-refractivity contribution is 6.35. The molecule has 0 unspecified atom stereocenters. The van der Waals surface area contributed by atoms with Crippen LogP contribution in [0.25, 0.3) is 11.5 Å². The summed E-state index contributed by atoms with van der Waals surface area (Å²) in [6.45, 7) is 2.53. The number of hydrogen-bond donors (Lipinski definition) is 0. The number of benzene rings is 1. The summed E-state index contributed by atoms with van der Waals surface area (Å²) in [4.78, 5) is 16.6. The van der Waals surface area contributed by atoms with Crippen LogP contribution in [0.1, 0.15) is 10.4 Å². The predicted molar refractivity (Wildman–Crippen MR) is 104 cm³/mol. The number of hydrogen-bond acceptors (Lipinski definition) is 5. The Morgan fingerprint density at radius 2 is 1.70 bits per heavy atom. The van der Waals surface area contributed by atoms with E-state index in [-0.39, 0.29) is 5.91 Å². The van der Waals surface area contributed by atoms with Crippen LogP contribution in [0.4, 0.5) is 5.82 Å². The molecule has 0 saturated carbocycles. The van der Waals surface area contributed by atoms with Gasteiger partial charge in [-0.1, -0.05) is 23.2 Å². The van der Waals surface area contributed by atoms with Crippen LogP contribution in [0.5, 0.6) is 0 Å². The molecule has 1 amide bonds. The highest BCUT2D eigenvalue weighted by Crippen LogP contribution is 2.22. The Balaban J connectivity index is 1.40. The maximum atomic E-state index is 12.7. The number of halogens is 2. The van der Waals surface area contributed by atoms with E-state index in [0.29, 0.717) is 53.2 Å². The molecular formula is C19H16Cl2N4O2. The lowest BCUT2D eigenvalue weighted by Gasteiger charge is -2.35. The number of anilines is 1. The number of carbonyl (C=O) groups excluding carboxylic acids is 1. The van der Waals surface area contributed by atoms with Crippen molar-refractivity contribution in [3.8, 4) is 11.5 Å². The zero-order chi connectivity index (χ0) is 18.8. The standard InChI is InChI=1S/C19H16Cl2N4O2/c20-14-10-13(11-15(21)12-14)19(26)25-7-5-24(6-8-25)18-4-3-16(22-23-18)17-2-1-9-27-17/h1-4,9-12H,5-8H2. The van der Waals surface area contributed by atoms with Gasteiger partial charge in [-0.15, -0.1) is 10.2 Å². The Bertz CT molecular complexity index is 917. The lowest BCUT2D eigenvalue weighted by atomic mass is 10.2. The number of rotatable bonds is 3. The van der Waals surface area contributed by atoms with Gasteiger partial charge in [-0.25, -0.2) is 0 Å². The predicted octanol–water partition coefficient (Wildman–Crippen LogP) is 4.01. The summed E-state index contributed by atoms with van der Waals surface area (Å²) in [5.41, 5.74) is 1.19. The molecule has 2 aromatic heterocycles. The molecule has 0 radical (unpaired) electrons. The fraction of sp³-hybridized carbons (Fsp3) is 0.211. The molecule has 1 saturated heterocycles. The molecule has 1 aliphatic rings. The van der Waals surface area contributed by atoms with E-state index in [0.717, 1.165) is 5.82 Å². The van der Waals surface area contributed by atoms with E-state index < -0.39 is 0 Å². The van der Waals surface area contributed by atoms with Crippen LogP contribution in [-0.4, -0.2) is 47.2 Å². The third-order valence-electron chi connectivity index (χ3n) is 4.42.